The van der Waals surface area contributed by atoms with Gasteiger partial charge in [0.15, 0.2) is 0 Å². The maximum atomic E-state index is 5.56. The summed E-state index contributed by atoms with van der Waals surface area (Å²) < 4.78 is 12.8. The van der Waals surface area contributed by atoms with Gasteiger partial charge in [0.25, 0.3) is 0 Å². The molecule has 0 spiro atoms. The smallest absolute Gasteiger partial charge is 0.141 e. The molecule has 0 amide bonds. The highest BCUT2D eigenvalue weighted by atomic mass is 79.9. The number of halogens is 3. The van der Waals surface area contributed by atoms with Crippen molar-refractivity contribution in [2.45, 2.75) is 11.8 Å². The maximum absolute atomic E-state index is 5.56. The van der Waals surface area contributed by atoms with Gasteiger partial charge in [-0.25, -0.2) is 0 Å². The van der Waals surface area contributed by atoms with E-state index in [9.17, 15) is 0 Å². The van der Waals surface area contributed by atoms with Gasteiger partial charge in [-0.2, -0.15) is 0 Å². The van der Waals surface area contributed by atoms with Gasteiger partial charge < -0.3 is 9.47 Å². The quantitative estimate of drug-likeness (QED) is 0.500. The minimum Gasteiger partial charge on any atom is -0.495 e. The molecule has 1 unspecified atom stereocenters. The van der Waals surface area contributed by atoms with Crippen LogP contribution >= 0.6 is 47.8 Å². The monoisotopic (exact) mass is 476 g/mol. The minimum absolute atomic E-state index is 0.0344. The second-order valence-corrected chi connectivity index (χ2v) is 7.19. The summed E-state index contributed by atoms with van der Waals surface area (Å²) >= 11 is 10.9. The van der Waals surface area contributed by atoms with Crippen LogP contribution in [0.1, 0.15) is 21.5 Å². The molecular weight excluding hydrogens is 464 g/mol. The Labute approximate surface area is 150 Å². The lowest BCUT2D eigenvalue weighted by Gasteiger charge is -2.19. The number of alkyl halides is 1. The summed E-state index contributed by atoms with van der Waals surface area (Å²) in [6.07, 6.45) is 0. The van der Waals surface area contributed by atoms with Crippen molar-refractivity contribution < 1.29 is 9.47 Å². The van der Waals surface area contributed by atoms with Crippen LogP contribution in [0.3, 0.4) is 0 Å². The Bertz CT molecular complexity index is 656. The molecule has 1 atom stereocenters. The van der Waals surface area contributed by atoms with E-state index in [-0.39, 0.29) is 4.83 Å². The lowest BCUT2D eigenvalue weighted by atomic mass is 9.99. The zero-order valence-electron chi connectivity index (χ0n) is 11.9. The Morgan fingerprint density at radius 3 is 2.29 bits per heavy atom. The average Bonchev–Trinajstić information content (AvgIpc) is 2.48. The van der Waals surface area contributed by atoms with Crippen LogP contribution in [-0.2, 0) is 0 Å². The van der Waals surface area contributed by atoms with E-state index in [4.69, 9.17) is 9.47 Å². The van der Waals surface area contributed by atoms with Crippen LogP contribution in [0.15, 0.2) is 39.3 Å². The van der Waals surface area contributed by atoms with Crippen molar-refractivity contribution >= 4 is 47.8 Å². The Kier molecular flexibility index (Phi) is 5.74. The normalized spacial score (nSPS) is 12.1. The van der Waals surface area contributed by atoms with Crippen LogP contribution < -0.4 is 9.47 Å². The second kappa shape index (κ2) is 7.16. The van der Waals surface area contributed by atoms with Gasteiger partial charge in [-0.3, -0.25) is 0 Å². The molecule has 0 bridgehead atoms. The Morgan fingerprint density at radius 1 is 0.952 bits per heavy atom. The molecule has 0 heterocycles. The molecule has 21 heavy (non-hydrogen) atoms. The molecule has 0 saturated carbocycles. The van der Waals surface area contributed by atoms with Gasteiger partial charge in [0, 0.05) is 10.0 Å². The summed E-state index contributed by atoms with van der Waals surface area (Å²) in [4.78, 5) is 0.0344. The zero-order valence-corrected chi connectivity index (χ0v) is 16.7. The number of ether oxygens (including phenoxy) is 2. The van der Waals surface area contributed by atoms with Crippen LogP contribution in [-0.4, -0.2) is 14.2 Å². The molecule has 0 aromatic heterocycles. The van der Waals surface area contributed by atoms with E-state index in [1.807, 2.05) is 18.2 Å². The molecule has 2 rings (SSSR count). The second-order valence-electron chi connectivity index (χ2n) is 4.57. The molecule has 5 heteroatoms. The number of methoxy groups -OCH3 is 2. The summed E-state index contributed by atoms with van der Waals surface area (Å²) in [5.41, 5.74) is 3.46. The summed E-state index contributed by atoms with van der Waals surface area (Å²) in [5, 5.41) is 0. The topological polar surface area (TPSA) is 18.5 Å². The van der Waals surface area contributed by atoms with Crippen LogP contribution in [0.2, 0.25) is 0 Å². The van der Waals surface area contributed by atoms with Gasteiger partial charge in [0.1, 0.15) is 16.0 Å². The number of benzene rings is 2. The fourth-order valence-electron chi connectivity index (χ4n) is 2.17. The van der Waals surface area contributed by atoms with Crippen molar-refractivity contribution in [3.05, 3.63) is 56.0 Å². The molecule has 2 aromatic carbocycles. The van der Waals surface area contributed by atoms with E-state index in [0.29, 0.717) is 0 Å². The molecule has 0 fully saturated rings. The van der Waals surface area contributed by atoms with Crippen molar-refractivity contribution in [3.8, 4) is 11.5 Å². The lowest BCUT2D eigenvalue weighted by molar-refractivity contribution is 0.386. The van der Waals surface area contributed by atoms with Gasteiger partial charge in [0.2, 0.25) is 0 Å². The molecule has 0 aliphatic rings. The molecule has 0 saturated heterocycles. The van der Waals surface area contributed by atoms with Gasteiger partial charge in [-0.1, -0.05) is 44.0 Å². The van der Waals surface area contributed by atoms with Crippen LogP contribution in [0.5, 0.6) is 11.5 Å². The predicted octanol–water partition coefficient (Wildman–Crippen LogP) is 6.02. The molecule has 0 N–H and O–H groups in total. The summed E-state index contributed by atoms with van der Waals surface area (Å²) in [6.45, 7) is 2.10. The highest BCUT2D eigenvalue weighted by Crippen LogP contribution is 2.45. The van der Waals surface area contributed by atoms with E-state index >= 15 is 0 Å². The molecule has 2 aromatic rings. The fourth-order valence-corrected chi connectivity index (χ4v) is 4.09. The standard InChI is InChI=1S/C16H15Br3O2/c1-9-4-5-10(17)8-12(9)14(18)11-6-7-13(20-2)15(19)16(11)21-3/h4-8,14H,1-3H3. The number of aryl methyl sites for hydroxylation is 1. The van der Waals surface area contributed by atoms with Gasteiger partial charge in [-0.05, 0) is 52.2 Å². The SMILES string of the molecule is COc1ccc(C(Br)c2cc(Br)ccc2C)c(OC)c1Br. The van der Waals surface area contributed by atoms with Crippen LogP contribution in [0.4, 0.5) is 0 Å². The van der Waals surface area contributed by atoms with Crippen LogP contribution in [0.25, 0.3) is 0 Å². The highest BCUT2D eigenvalue weighted by molar-refractivity contribution is 9.11. The van der Waals surface area contributed by atoms with Crippen molar-refractivity contribution in [1.29, 1.82) is 0 Å². The Balaban J connectivity index is 2.55. The summed E-state index contributed by atoms with van der Waals surface area (Å²) in [5.74, 6) is 1.52. The number of hydrogen-bond acceptors (Lipinski definition) is 2. The zero-order chi connectivity index (χ0) is 15.6. The van der Waals surface area contributed by atoms with E-state index in [1.165, 1.54) is 11.1 Å². The third-order valence-electron chi connectivity index (χ3n) is 3.30. The van der Waals surface area contributed by atoms with Gasteiger partial charge >= 0.3 is 0 Å². The minimum atomic E-state index is 0.0344. The first-order chi connectivity index (χ1) is 9.99. The molecular formula is C16H15Br3O2. The van der Waals surface area contributed by atoms with Crippen molar-refractivity contribution in [1.82, 2.24) is 0 Å². The third kappa shape index (κ3) is 3.46. The first-order valence-corrected chi connectivity index (χ1v) is 8.80. The number of hydrogen-bond donors (Lipinski definition) is 0. The van der Waals surface area contributed by atoms with E-state index in [0.717, 1.165) is 26.0 Å². The molecule has 0 aliphatic carbocycles. The van der Waals surface area contributed by atoms with Crippen molar-refractivity contribution in [2.24, 2.45) is 0 Å². The van der Waals surface area contributed by atoms with E-state index in [2.05, 4.69) is 66.8 Å². The molecule has 2 nitrogen and oxygen atoms in total. The molecule has 112 valence electrons. The van der Waals surface area contributed by atoms with Crippen molar-refractivity contribution in [3.63, 3.8) is 0 Å². The highest BCUT2D eigenvalue weighted by Gasteiger charge is 2.21. The largest absolute Gasteiger partial charge is 0.495 e. The third-order valence-corrected chi connectivity index (χ3v) is 5.53. The average molecular weight is 479 g/mol. The summed E-state index contributed by atoms with van der Waals surface area (Å²) in [7, 11) is 3.31. The Morgan fingerprint density at radius 2 is 1.67 bits per heavy atom. The number of rotatable bonds is 4. The predicted molar refractivity (Wildman–Crippen MR) is 96.9 cm³/mol. The first-order valence-electron chi connectivity index (χ1n) is 6.30. The maximum Gasteiger partial charge on any atom is 0.141 e. The molecule has 0 aliphatic heterocycles. The van der Waals surface area contributed by atoms with Crippen molar-refractivity contribution in [2.75, 3.05) is 14.2 Å². The fraction of sp³-hybridized carbons (Fsp3) is 0.250. The van der Waals surface area contributed by atoms with Gasteiger partial charge in [0.05, 0.1) is 19.0 Å². The molecule has 0 radical (unpaired) electrons. The lowest BCUT2D eigenvalue weighted by Crippen LogP contribution is -2.01. The summed E-state index contributed by atoms with van der Waals surface area (Å²) in [6, 6.07) is 10.2. The van der Waals surface area contributed by atoms with E-state index < -0.39 is 0 Å². The first kappa shape index (κ1) is 16.8. The van der Waals surface area contributed by atoms with Crippen LogP contribution in [0, 0.1) is 6.92 Å². The Hall–Kier alpha value is -0.520. The van der Waals surface area contributed by atoms with E-state index in [1.54, 1.807) is 14.2 Å². The van der Waals surface area contributed by atoms with Gasteiger partial charge in [-0.15, -0.1) is 0 Å².